The monoisotopic (exact) mass is 359 g/mol. The van der Waals surface area contributed by atoms with Gasteiger partial charge in [-0.2, -0.15) is 0 Å². The quantitative estimate of drug-likeness (QED) is 0.769. The van der Waals surface area contributed by atoms with E-state index in [2.05, 4.69) is 65.8 Å². The van der Waals surface area contributed by atoms with Crippen LogP contribution in [0.15, 0.2) is 60.7 Å². The van der Waals surface area contributed by atoms with E-state index in [0.717, 1.165) is 0 Å². The molecule has 0 heterocycles. The predicted molar refractivity (Wildman–Crippen MR) is 78.6 cm³/mol. The number of nitrogens with zero attached hydrogens (tertiary/aromatic N) is 1. The SMILES string of the molecule is CO[Te](c1ccccc1)(c1ccccc1)N(C)C. The molecule has 0 aliphatic carbocycles. The zero-order chi connectivity index (χ0) is 13.0. The standard InChI is InChI=1S/C15H19NOTe/c1-16(2)18(17-3,14-10-6-4-7-11-14)15-12-8-5-9-13-15/h4-13H,1-3H3. The van der Waals surface area contributed by atoms with Crippen molar-refractivity contribution in [2.75, 3.05) is 21.2 Å². The van der Waals surface area contributed by atoms with Crippen LogP contribution in [0, 0.1) is 0 Å². The van der Waals surface area contributed by atoms with Crippen LogP contribution in [-0.2, 0) is 3.10 Å². The average Bonchev–Trinajstić information content (AvgIpc) is 2.42. The molecule has 0 radical (unpaired) electrons. The van der Waals surface area contributed by atoms with Crippen LogP contribution < -0.4 is 7.22 Å². The second-order valence-electron chi connectivity index (χ2n) is 4.13. The van der Waals surface area contributed by atoms with Crippen molar-refractivity contribution < 1.29 is 3.10 Å². The summed E-state index contributed by atoms with van der Waals surface area (Å²) >= 11 is -2.90. The molecule has 0 saturated carbocycles. The molecule has 0 N–H and O–H groups in total. The summed E-state index contributed by atoms with van der Waals surface area (Å²) in [7, 11) is 6.07. The first-order valence-electron chi connectivity index (χ1n) is 5.88. The molecule has 2 aromatic rings. The molecule has 0 aliphatic heterocycles. The molecule has 2 aromatic carbocycles. The van der Waals surface area contributed by atoms with E-state index in [9.17, 15) is 0 Å². The van der Waals surface area contributed by atoms with E-state index in [-0.39, 0.29) is 0 Å². The van der Waals surface area contributed by atoms with Crippen LogP contribution in [0.2, 0.25) is 0 Å². The number of hydrogen-bond acceptors (Lipinski definition) is 2. The zero-order valence-corrected chi connectivity index (χ0v) is 13.4. The van der Waals surface area contributed by atoms with E-state index in [0.29, 0.717) is 0 Å². The van der Waals surface area contributed by atoms with Gasteiger partial charge in [0, 0.05) is 0 Å². The summed E-state index contributed by atoms with van der Waals surface area (Å²) in [4.78, 5) is 0. The van der Waals surface area contributed by atoms with Crippen LogP contribution >= 0.6 is 0 Å². The molecule has 0 aliphatic rings. The van der Waals surface area contributed by atoms with E-state index in [1.165, 1.54) is 7.22 Å². The summed E-state index contributed by atoms with van der Waals surface area (Å²) in [6, 6.07) is 21.1. The summed E-state index contributed by atoms with van der Waals surface area (Å²) in [6.45, 7) is 0. The Hall–Kier alpha value is -0.850. The van der Waals surface area contributed by atoms with E-state index in [1.807, 2.05) is 19.2 Å². The minimum atomic E-state index is -2.90. The van der Waals surface area contributed by atoms with Crippen LogP contribution in [0.25, 0.3) is 0 Å². The third-order valence-corrected chi connectivity index (χ3v) is 12.4. The Balaban J connectivity index is 2.61. The Morgan fingerprint density at radius 1 is 0.778 bits per heavy atom. The summed E-state index contributed by atoms with van der Waals surface area (Å²) < 4.78 is 11.0. The van der Waals surface area contributed by atoms with Crippen molar-refractivity contribution >= 4 is 26.1 Å². The molecule has 0 aromatic heterocycles. The van der Waals surface area contributed by atoms with Crippen LogP contribution in [0.3, 0.4) is 0 Å². The van der Waals surface area contributed by atoms with E-state index in [4.69, 9.17) is 3.10 Å². The molecule has 96 valence electrons. The zero-order valence-electron chi connectivity index (χ0n) is 11.0. The van der Waals surface area contributed by atoms with E-state index >= 15 is 0 Å². The molecule has 0 spiro atoms. The van der Waals surface area contributed by atoms with Crippen LogP contribution in [0.5, 0.6) is 0 Å². The van der Waals surface area contributed by atoms with Gasteiger partial charge < -0.3 is 0 Å². The fourth-order valence-corrected chi connectivity index (χ4v) is 10.2. The Bertz CT molecular complexity index is 445. The molecule has 0 unspecified atom stereocenters. The Labute approximate surface area is 114 Å². The van der Waals surface area contributed by atoms with Gasteiger partial charge in [-0.1, -0.05) is 0 Å². The van der Waals surface area contributed by atoms with Crippen molar-refractivity contribution in [2.24, 2.45) is 0 Å². The molecule has 0 bridgehead atoms. The van der Waals surface area contributed by atoms with Gasteiger partial charge in [0.15, 0.2) is 0 Å². The maximum atomic E-state index is 6.09. The number of hydrogen-bond donors (Lipinski definition) is 0. The van der Waals surface area contributed by atoms with Crippen molar-refractivity contribution in [1.29, 1.82) is 0 Å². The van der Waals surface area contributed by atoms with E-state index in [1.54, 1.807) is 0 Å². The third kappa shape index (κ3) is 2.32. The second-order valence-corrected chi connectivity index (χ2v) is 12.9. The van der Waals surface area contributed by atoms with Gasteiger partial charge in [0.1, 0.15) is 0 Å². The Morgan fingerprint density at radius 2 is 1.17 bits per heavy atom. The van der Waals surface area contributed by atoms with Gasteiger partial charge in [0.25, 0.3) is 0 Å². The molecule has 18 heavy (non-hydrogen) atoms. The van der Waals surface area contributed by atoms with Crippen molar-refractivity contribution in [3.63, 3.8) is 0 Å². The Morgan fingerprint density at radius 3 is 1.44 bits per heavy atom. The average molecular weight is 357 g/mol. The van der Waals surface area contributed by atoms with Crippen molar-refractivity contribution in [2.45, 2.75) is 0 Å². The second kappa shape index (κ2) is 5.86. The normalized spacial score (nSPS) is 12.7. The molecule has 0 amide bonds. The summed E-state index contributed by atoms with van der Waals surface area (Å²) in [5.74, 6) is 0. The number of benzene rings is 2. The molecule has 0 fully saturated rings. The third-order valence-electron chi connectivity index (χ3n) is 2.88. The van der Waals surface area contributed by atoms with Crippen molar-refractivity contribution in [3.8, 4) is 0 Å². The molecule has 2 nitrogen and oxygen atoms in total. The Kier molecular flexibility index (Phi) is 4.42. The summed E-state index contributed by atoms with van der Waals surface area (Å²) in [5, 5.41) is 0. The van der Waals surface area contributed by atoms with Gasteiger partial charge in [0.05, 0.1) is 0 Å². The maximum absolute atomic E-state index is 6.09. The van der Waals surface area contributed by atoms with Crippen LogP contribution in [-0.4, -0.2) is 43.2 Å². The molecule has 3 heteroatoms. The predicted octanol–water partition coefficient (Wildman–Crippen LogP) is 1.45. The van der Waals surface area contributed by atoms with E-state index < -0.39 is 18.9 Å². The first-order valence-corrected chi connectivity index (χ1v) is 10.2. The van der Waals surface area contributed by atoms with Gasteiger partial charge in [-0.15, -0.1) is 0 Å². The van der Waals surface area contributed by atoms with Gasteiger partial charge in [-0.25, -0.2) is 0 Å². The molecule has 0 atom stereocenters. The van der Waals surface area contributed by atoms with Crippen molar-refractivity contribution in [1.82, 2.24) is 3.15 Å². The first-order chi connectivity index (χ1) is 8.71. The molecule has 2 rings (SSSR count). The van der Waals surface area contributed by atoms with Crippen LogP contribution in [0.4, 0.5) is 0 Å². The van der Waals surface area contributed by atoms with Gasteiger partial charge in [-0.3, -0.25) is 0 Å². The fourth-order valence-electron chi connectivity index (χ4n) is 2.11. The van der Waals surface area contributed by atoms with Gasteiger partial charge >= 0.3 is 114 Å². The molecular formula is C15H19NOTe. The van der Waals surface area contributed by atoms with Crippen LogP contribution in [0.1, 0.15) is 0 Å². The summed E-state index contributed by atoms with van der Waals surface area (Å²) in [5.41, 5.74) is 0. The molecular weight excluding hydrogens is 338 g/mol. The molecule has 0 saturated heterocycles. The van der Waals surface area contributed by atoms with Crippen molar-refractivity contribution in [3.05, 3.63) is 60.7 Å². The van der Waals surface area contributed by atoms with Gasteiger partial charge in [0.2, 0.25) is 0 Å². The first kappa shape index (κ1) is 13.6. The fraction of sp³-hybridized carbons (Fsp3) is 0.200. The number of rotatable bonds is 4. The van der Waals surface area contributed by atoms with Gasteiger partial charge in [-0.05, 0) is 0 Å². The summed E-state index contributed by atoms with van der Waals surface area (Å²) in [6.07, 6.45) is 0. The minimum absolute atomic E-state index is 1.32. The topological polar surface area (TPSA) is 12.5 Å².